The number of aromatic nitrogens is 2. The Kier molecular flexibility index (Phi) is 7.19. The quantitative estimate of drug-likeness (QED) is 0.187. The number of fused-ring (bicyclic) bond motifs is 3. The van der Waals surface area contributed by atoms with Gasteiger partial charge >= 0.3 is 0 Å². The predicted molar refractivity (Wildman–Crippen MR) is 134 cm³/mol. The molecular formula is C29H35N2+. The molecule has 0 aliphatic carbocycles. The van der Waals surface area contributed by atoms with Crippen LogP contribution in [0, 0.1) is 0 Å². The van der Waals surface area contributed by atoms with E-state index in [9.17, 15) is 0 Å². The molecule has 4 aromatic rings. The van der Waals surface area contributed by atoms with Crippen LogP contribution >= 0.6 is 0 Å². The molecule has 0 fully saturated rings. The van der Waals surface area contributed by atoms with E-state index in [-0.39, 0.29) is 0 Å². The van der Waals surface area contributed by atoms with E-state index < -0.39 is 0 Å². The van der Waals surface area contributed by atoms with Crippen LogP contribution in [0.3, 0.4) is 0 Å². The molecule has 0 aliphatic heterocycles. The minimum atomic E-state index is 1.10. The molecule has 0 unspecified atom stereocenters. The lowest BCUT2D eigenvalue weighted by Gasteiger charge is -2.07. The van der Waals surface area contributed by atoms with Gasteiger partial charge in [0, 0.05) is 46.9 Å². The molecule has 0 saturated heterocycles. The highest BCUT2D eigenvalue weighted by Crippen LogP contribution is 2.30. The van der Waals surface area contributed by atoms with Crippen molar-refractivity contribution < 1.29 is 4.57 Å². The maximum atomic E-state index is 2.51. The van der Waals surface area contributed by atoms with E-state index >= 15 is 0 Å². The van der Waals surface area contributed by atoms with Gasteiger partial charge < -0.3 is 4.57 Å². The van der Waals surface area contributed by atoms with Gasteiger partial charge in [-0.05, 0) is 35.7 Å². The van der Waals surface area contributed by atoms with Crippen LogP contribution in [0.25, 0.3) is 34.0 Å². The van der Waals surface area contributed by atoms with E-state index in [1.54, 1.807) is 0 Å². The highest BCUT2D eigenvalue weighted by molar-refractivity contribution is 6.08. The van der Waals surface area contributed by atoms with Crippen molar-refractivity contribution in [2.45, 2.75) is 65.5 Å². The fraction of sp³-hybridized carbons (Fsp3) is 0.345. The highest BCUT2D eigenvalue weighted by Gasteiger charge is 2.10. The van der Waals surface area contributed by atoms with E-state index in [1.807, 2.05) is 0 Å². The van der Waals surface area contributed by atoms with Gasteiger partial charge in [-0.3, -0.25) is 0 Å². The molecule has 2 aromatic heterocycles. The molecule has 2 nitrogen and oxygen atoms in total. The second-order valence-corrected chi connectivity index (χ2v) is 8.56. The molecule has 0 radical (unpaired) electrons. The summed E-state index contributed by atoms with van der Waals surface area (Å²) in [6, 6.07) is 20.2. The summed E-state index contributed by atoms with van der Waals surface area (Å²) in [4.78, 5) is 0. The van der Waals surface area contributed by atoms with Crippen LogP contribution < -0.4 is 4.57 Å². The first-order valence-corrected chi connectivity index (χ1v) is 12.0. The SMILES string of the molecule is CCCCCCn1c2ccccc2c2cc(/C=C/c3cc[n+](CCCC)cc3)ccc21. The number of rotatable bonds is 10. The number of aryl methyl sites for hydroxylation is 2. The van der Waals surface area contributed by atoms with Crippen LogP contribution in [0.15, 0.2) is 67.0 Å². The van der Waals surface area contributed by atoms with Gasteiger partial charge in [0.25, 0.3) is 0 Å². The number of unbranched alkanes of at least 4 members (excludes halogenated alkanes) is 4. The zero-order valence-electron chi connectivity index (χ0n) is 19.1. The first-order chi connectivity index (χ1) is 15.3. The van der Waals surface area contributed by atoms with Crippen LogP contribution in [0.4, 0.5) is 0 Å². The third kappa shape index (κ3) is 5.07. The molecule has 0 amide bonds. The third-order valence-electron chi connectivity index (χ3n) is 6.19. The highest BCUT2D eigenvalue weighted by atomic mass is 15.0. The fourth-order valence-electron chi connectivity index (χ4n) is 4.37. The normalized spacial score (nSPS) is 11.8. The van der Waals surface area contributed by atoms with Crippen molar-refractivity contribution in [2.24, 2.45) is 0 Å². The average Bonchev–Trinajstić information content (AvgIpc) is 3.13. The molecule has 4 rings (SSSR count). The maximum Gasteiger partial charge on any atom is 0.169 e. The van der Waals surface area contributed by atoms with Gasteiger partial charge in [0.1, 0.15) is 6.54 Å². The zero-order valence-corrected chi connectivity index (χ0v) is 19.1. The fourth-order valence-corrected chi connectivity index (χ4v) is 4.37. The molecule has 2 heterocycles. The number of benzene rings is 2. The van der Waals surface area contributed by atoms with E-state index in [2.05, 4.69) is 102 Å². The van der Waals surface area contributed by atoms with Crippen LogP contribution in [-0.2, 0) is 13.1 Å². The third-order valence-corrected chi connectivity index (χ3v) is 6.19. The minimum absolute atomic E-state index is 1.10. The summed E-state index contributed by atoms with van der Waals surface area (Å²) in [5.74, 6) is 0. The van der Waals surface area contributed by atoms with Crippen LogP contribution in [0.1, 0.15) is 63.5 Å². The Balaban J connectivity index is 1.59. The Hall–Kier alpha value is -2.87. The second-order valence-electron chi connectivity index (χ2n) is 8.56. The standard InChI is InChI=1S/C29H35N2/c1-3-5-7-10-20-31-28-12-9-8-11-26(28)27-23-25(15-16-29(27)31)14-13-24-17-21-30(22-18-24)19-6-4-2/h8-9,11-18,21-23H,3-7,10,19-20H2,1-2H3/q+1. The van der Waals surface area contributed by atoms with Crippen molar-refractivity contribution in [3.8, 4) is 0 Å². The Labute approximate surface area is 186 Å². The summed E-state index contributed by atoms with van der Waals surface area (Å²) in [5, 5.41) is 2.72. The number of pyridine rings is 1. The van der Waals surface area contributed by atoms with Gasteiger partial charge in [0.05, 0.1) is 0 Å². The Morgan fingerprint density at radius 1 is 0.710 bits per heavy atom. The van der Waals surface area contributed by atoms with Crippen molar-refractivity contribution >= 4 is 34.0 Å². The number of hydrogen-bond acceptors (Lipinski definition) is 0. The van der Waals surface area contributed by atoms with Gasteiger partial charge in [-0.2, -0.15) is 0 Å². The van der Waals surface area contributed by atoms with Crippen molar-refractivity contribution in [1.29, 1.82) is 0 Å². The molecule has 0 atom stereocenters. The summed E-state index contributed by atoms with van der Waals surface area (Å²) < 4.78 is 4.78. The summed E-state index contributed by atoms with van der Waals surface area (Å²) in [5.41, 5.74) is 5.21. The maximum absolute atomic E-state index is 2.51. The average molecular weight is 412 g/mol. The molecule has 0 bridgehead atoms. The van der Waals surface area contributed by atoms with Crippen LogP contribution in [-0.4, -0.2) is 4.57 Å². The molecule has 31 heavy (non-hydrogen) atoms. The van der Waals surface area contributed by atoms with Gasteiger partial charge in [-0.25, -0.2) is 4.57 Å². The molecule has 0 spiro atoms. The van der Waals surface area contributed by atoms with Crippen molar-refractivity contribution in [3.05, 3.63) is 78.1 Å². The van der Waals surface area contributed by atoms with E-state index in [0.717, 1.165) is 13.1 Å². The monoisotopic (exact) mass is 411 g/mol. The van der Waals surface area contributed by atoms with Gasteiger partial charge in [-0.15, -0.1) is 0 Å². The smallest absolute Gasteiger partial charge is 0.169 e. The molecule has 0 N–H and O–H groups in total. The van der Waals surface area contributed by atoms with Gasteiger partial charge in [0.15, 0.2) is 12.4 Å². The largest absolute Gasteiger partial charge is 0.340 e. The molecule has 0 aliphatic rings. The lowest BCUT2D eigenvalue weighted by molar-refractivity contribution is -0.697. The number of nitrogens with zero attached hydrogens (tertiary/aromatic N) is 2. The number of para-hydroxylation sites is 1. The minimum Gasteiger partial charge on any atom is -0.340 e. The number of hydrogen-bond donors (Lipinski definition) is 0. The van der Waals surface area contributed by atoms with Crippen molar-refractivity contribution in [2.75, 3.05) is 0 Å². The zero-order chi connectivity index (χ0) is 21.5. The lowest BCUT2D eigenvalue weighted by atomic mass is 10.1. The second kappa shape index (κ2) is 10.4. The van der Waals surface area contributed by atoms with Crippen molar-refractivity contribution in [1.82, 2.24) is 4.57 Å². The van der Waals surface area contributed by atoms with E-state index in [4.69, 9.17) is 0 Å². The topological polar surface area (TPSA) is 8.81 Å². The molecule has 2 aromatic carbocycles. The van der Waals surface area contributed by atoms with Crippen LogP contribution in [0.2, 0.25) is 0 Å². The molecule has 0 saturated carbocycles. The summed E-state index contributed by atoms with van der Waals surface area (Å²) >= 11 is 0. The summed E-state index contributed by atoms with van der Waals surface area (Å²) in [6.45, 7) is 6.70. The van der Waals surface area contributed by atoms with Crippen molar-refractivity contribution in [3.63, 3.8) is 0 Å². The molecule has 2 heteroatoms. The Morgan fingerprint density at radius 2 is 1.45 bits per heavy atom. The summed E-state index contributed by atoms with van der Waals surface area (Å²) in [6.07, 6.45) is 16.4. The Morgan fingerprint density at radius 3 is 2.26 bits per heavy atom. The first-order valence-electron chi connectivity index (χ1n) is 12.0. The molecule has 160 valence electrons. The van der Waals surface area contributed by atoms with E-state index in [0.29, 0.717) is 0 Å². The predicted octanol–water partition coefficient (Wildman–Crippen LogP) is 7.63. The van der Waals surface area contributed by atoms with E-state index in [1.165, 1.54) is 71.5 Å². The van der Waals surface area contributed by atoms with Gasteiger partial charge in [0.2, 0.25) is 0 Å². The lowest BCUT2D eigenvalue weighted by Crippen LogP contribution is -2.32. The first kappa shape index (κ1) is 21.4. The Bertz CT molecular complexity index is 1150. The van der Waals surface area contributed by atoms with Crippen LogP contribution in [0.5, 0.6) is 0 Å². The van der Waals surface area contributed by atoms with Gasteiger partial charge in [-0.1, -0.05) is 75.9 Å². The summed E-state index contributed by atoms with van der Waals surface area (Å²) in [7, 11) is 0. The molecular weight excluding hydrogens is 376 g/mol.